The third-order valence-corrected chi connectivity index (χ3v) is 8.95. The number of fused-ring (bicyclic) bond motifs is 1. The number of unbranched alkanes of at least 4 members (excludes halogenated alkanes) is 1. The van der Waals surface area contributed by atoms with Crippen LogP contribution in [0.5, 0.6) is 11.5 Å². The van der Waals surface area contributed by atoms with E-state index in [-0.39, 0.29) is 35.4 Å². The van der Waals surface area contributed by atoms with Gasteiger partial charge in [-0.05, 0) is 61.7 Å². The second-order valence-corrected chi connectivity index (χ2v) is 12.2. The summed E-state index contributed by atoms with van der Waals surface area (Å²) in [5.74, 6) is -0.752. The Balaban J connectivity index is 1.72. The molecule has 3 aromatic rings. The summed E-state index contributed by atoms with van der Waals surface area (Å²) >= 11 is 0. The van der Waals surface area contributed by atoms with Crippen molar-refractivity contribution in [2.75, 3.05) is 30.6 Å². The molecule has 0 bridgehead atoms. The van der Waals surface area contributed by atoms with Gasteiger partial charge in [-0.15, -0.1) is 0 Å². The Morgan fingerprint density at radius 2 is 1.63 bits per heavy atom. The number of sulfonamides is 1. The average Bonchev–Trinajstić information content (AvgIpc) is 3.01. The molecule has 0 unspecified atom stereocenters. The van der Waals surface area contributed by atoms with E-state index < -0.39 is 34.3 Å². The van der Waals surface area contributed by atoms with Gasteiger partial charge in [0.25, 0.3) is 10.0 Å². The largest absolute Gasteiger partial charge is 0.486 e. The minimum absolute atomic E-state index is 0.0974. The summed E-state index contributed by atoms with van der Waals surface area (Å²) in [6, 6.07) is 15.8. The molecule has 0 saturated carbocycles. The minimum Gasteiger partial charge on any atom is -0.486 e. The standard InChI is InChI=1S/C32H38FN3O6S/c1-4-6-17-34-32(38)28(5-2)35(21-24-9-7-23(3)8-10-24)31(37)22-36(26-13-11-25(33)12-14-26)43(39,40)27-15-16-29-30(20-27)42-19-18-41-29/h7-16,20,28H,4-6,17-19,21-22H2,1-3H3,(H,34,38)/t28-/m1/s1. The summed E-state index contributed by atoms with van der Waals surface area (Å²) in [5, 5.41) is 2.91. The molecule has 230 valence electrons. The quantitative estimate of drug-likeness (QED) is 0.278. The summed E-state index contributed by atoms with van der Waals surface area (Å²) in [6.07, 6.45) is 2.01. The van der Waals surface area contributed by atoms with E-state index in [1.165, 1.54) is 35.2 Å². The van der Waals surface area contributed by atoms with Crippen LogP contribution in [0.1, 0.15) is 44.2 Å². The molecular weight excluding hydrogens is 573 g/mol. The van der Waals surface area contributed by atoms with Crippen molar-refractivity contribution in [1.29, 1.82) is 0 Å². The molecule has 3 aromatic carbocycles. The third-order valence-electron chi connectivity index (χ3n) is 7.18. The normalized spacial score (nSPS) is 13.2. The number of aryl methyl sites for hydroxylation is 1. The van der Waals surface area contributed by atoms with E-state index >= 15 is 0 Å². The first-order valence-corrected chi connectivity index (χ1v) is 15.9. The Kier molecular flexibility index (Phi) is 10.6. The van der Waals surface area contributed by atoms with Crippen molar-refractivity contribution in [2.24, 2.45) is 0 Å². The van der Waals surface area contributed by atoms with Crippen LogP contribution >= 0.6 is 0 Å². The fraction of sp³-hybridized carbons (Fsp3) is 0.375. The number of benzene rings is 3. The maximum Gasteiger partial charge on any atom is 0.264 e. The van der Waals surface area contributed by atoms with Crippen LogP contribution in [0.3, 0.4) is 0 Å². The Bertz CT molecular complexity index is 1510. The van der Waals surface area contributed by atoms with Gasteiger partial charge < -0.3 is 19.7 Å². The van der Waals surface area contributed by atoms with Crippen LogP contribution in [0.25, 0.3) is 0 Å². The van der Waals surface area contributed by atoms with Crippen molar-refractivity contribution >= 4 is 27.5 Å². The smallest absolute Gasteiger partial charge is 0.264 e. The Morgan fingerprint density at radius 3 is 2.28 bits per heavy atom. The van der Waals surface area contributed by atoms with E-state index in [2.05, 4.69) is 5.32 Å². The Morgan fingerprint density at radius 1 is 0.953 bits per heavy atom. The zero-order valence-corrected chi connectivity index (χ0v) is 25.5. The SMILES string of the molecule is CCCCNC(=O)[C@@H](CC)N(Cc1ccc(C)cc1)C(=O)CN(c1ccc(F)cc1)S(=O)(=O)c1ccc2c(c1)OCCO2. The molecule has 9 nitrogen and oxygen atoms in total. The lowest BCUT2D eigenvalue weighted by Crippen LogP contribution is -2.52. The van der Waals surface area contributed by atoms with Crippen LogP contribution in [-0.4, -0.2) is 57.5 Å². The van der Waals surface area contributed by atoms with Crippen molar-refractivity contribution in [3.05, 3.63) is 83.7 Å². The molecule has 1 aliphatic rings. The summed E-state index contributed by atoms with van der Waals surface area (Å²) in [7, 11) is -4.35. The van der Waals surface area contributed by atoms with Gasteiger partial charge in [0, 0.05) is 19.2 Å². The fourth-order valence-corrected chi connectivity index (χ4v) is 6.19. The highest BCUT2D eigenvalue weighted by Crippen LogP contribution is 2.34. The molecule has 4 rings (SSSR count). The predicted molar refractivity (Wildman–Crippen MR) is 162 cm³/mol. The van der Waals surface area contributed by atoms with Crippen LogP contribution in [-0.2, 0) is 26.2 Å². The number of nitrogens with zero attached hydrogens (tertiary/aromatic N) is 2. The van der Waals surface area contributed by atoms with Crippen LogP contribution in [0, 0.1) is 12.7 Å². The van der Waals surface area contributed by atoms with Crippen molar-refractivity contribution in [2.45, 2.75) is 57.5 Å². The van der Waals surface area contributed by atoms with Crippen LogP contribution in [0.15, 0.2) is 71.6 Å². The van der Waals surface area contributed by atoms with Gasteiger partial charge in [0.2, 0.25) is 11.8 Å². The molecule has 1 heterocycles. The number of carbonyl (C=O) groups excluding carboxylic acids is 2. The van der Waals surface area contributed by atoms with E-state index in [1.807, 2.05) is 45.0 Å². The lowest BCUT2D eigenvalue weighted by Gasteiger charge is -2.33. The maximum absolute atomic E-state index is 14.1. The van der Waals surface area contributed by atoms with E-state index in [9.17, 15) is 22.4 Å². The minimum atomic E-state index is -4.35. The van der Waals surface area contributed by atoms with Crippen molar-refractivity contribution in [3.63, 3.8) is 0 Å². The van der Waals surface area contributed by atoms with Crippen molar-refractivity contribution < 1.29 is 31.9 Å². The van der Waals surface area contributed by atoms with Gasteiger partial charge in [0.1, 0.15) is 31.6 Å². The molecule has 0 spiro atoms. The number of rotatable bonds is 13. The van der Waals surface area contributed by atoms with E-state index in [1.54, 1.807) is 0 Å². The molecule has 0 fully saturated rings. The zero-order chi connectivity index (χ0) is 31.0. The van der Waals surface area contributed by atoms with Gasteiger partial charge in [-0.2, -0.15) is 0 Å². The van der Waals surface area contributed by atoms with Crippen molar-refractivity contribution in [3.8, 4) is 11.5 Å². The number of hydrogen-bond donors (Lipinski definition) is 1. The lowest BCUT2D eigenvalue weighted by molar-refractivity contribution is -0.140. The first-order valence-electron chi connectivity index (χ1n) is 14.4. The fourth-order valence-electron chi connectivity index (χ4n) is 4.76. The Labute approximate surface area is 252 Å². The highest BCUT2D eigenvalue weighted by molar-refractivity contribution is 7.92. The molecule has 0 saturated heterocycles. The second kappa shape index (κ2) is 14.4. The molecule has 0 aromatic heterocycles. The van der Waals surface area contributed by atoms with Gasteiger partial charge in [0.05, 0.1) is 10.6 Å². The van der Waals surface area contributed by atoms with Crippen LogP contribution in [0.4, 0.5) is 10.1 Å². The Hall–Kier alpha value is -4.12. The van der Waals surface area contributed by atoms with Gasteiger partial charge in [0.15, 0.2) is 11.5 Å². The molecular formula is C32H38FN3O6S. The molecule has 43 heavy (non-hydrogen) atoms. The first-order chi connectivity index (χ1) is 20.6. The summed E-state index contributed by atoms with van der Waals surface area (Å²) < 4.78 is 54.1. The number of amides is 2. The molecule has 11 heteroatoms. The number of hydrogen-bond acceptors (Lipinski definition) is 6. The molecule has 1 atom stereocenters. The second-order valence-electron chi connectivity index (χ2n) is 10.4. The summed E-state index contributed by atoms with van der Waals surface area (Å²) in [5.41, 5.74) is 1.93. The third kappa shape index (κ3) is 7.84. The van der Waals surface area contributed by atoms with Crippen molar-refractivity contribution in [1.82, 2.24) is 10.2 Å². The summed E-state index contributed by atoms with van der Waals surface area (Å²) in [4.78, 5) is 28.7. The molecule has 1 aliphatic heterocycles. The van der Waals surface area contributed by atoms with Gasteiger partial charge in [-0.3, -0.25) is 13.9 Å². The highest BCUT2D eigenvalue weighted by atomic mass is 32.2. The maximum atomic E-state index is 14.1. The monoisotopic (exact) mass is 611 g/mol. The van der Waals surface area contributed by atoms with Crippen LogP contribution in [0.2, 0.25) is 0 Å². The molecule has 1 N–H and O–H groups in total. The van der Waals surface area contributed by atoms with E-state index in [0.717, 1.165) is 40.4 Å². The first kappa shape index (κ1) is 31.8. The van der Waals surface area contributed by atoms with E-state index in [0.29, 0.717) is 25.3 Å². The number of nitrogens with one attached hydrogen (secondary N) is 1. The summed E-state index contributed by atoms with van der Waals surface area (Å²) in [6.45, 7) is 6.34. The predicted octanol–water partition coefficient (Wildman–Crippen LogP) is 4.82. The van der Waals surface area contributed by atoms with Gasteiger partial charge >= 0.3 is 0 Å². The lowest BCUT2D eigenvalue weighted by atomic mass is 10.1. The molecule has 2 amide bonds. The number of anilines is 1. The van der Waals surface area contributed by atoms with Gasteiger partial charge in [-0.25, -0.2) is 12.8 Å². The number of halogens is 1. The number of ether oxygens (including phenoxy) is 2. The number of carbonyl (C=O) groups is 2. The van der Waals surface area contributed by atoms with E-state index in [4.69, 9.17) is 9.47 Å². The average molecular weight is 612 g/mol. The molecule has 0 aliphatic carbocycles. The topological polar surface area (TPSA) is 105 Å². The molecule has 0 radical (unpaired) electrons. The zero-order valence-electron chi connectivity index (χ0n) is 24.7. The van der Waals surface area contributed by atoms with Crippen LogP contribution < -0.4 is 19.1 Å². The highest BCUT2D eigenvalue weighted by Gasteiger charge is 2.34. The van der Waals surface area contributed by atoms with Gasteiger partial charge in [-0.1, -0.05) is 50.1 Å².